The predicted molar refractivity (Wildman–Crippen MR) is 158 cm³/mol. The summed E-state index contributed by atoms with van der Waals surface area (Å²) in [6, 6.07) is 15.3. The maximum Gasteiger partial charge on any atom is 0.272 e. The number of thiophene rings is 1. The molecule has 4 N–H and O–H groups in total. The zero-order valence-electron chi connectivity index (χ0n) is 22.2. The number of pyridine rings is 1. The molecule has 39 heavy (non-hydrogen) atoms. The standard InChI is InChI=1S/C29H30N6O3S/c1-34(2)12-11-31-28(36)19-15-32-27(30)25-20(16-39-26(19)25)17-9-10-21(24(14-17)38-4)33-29(37)23-13-18-7-5-6-8-22(18)35(23)3/h5-10,13-16H,11-12H2,1-4H3,(H2,30,32)(H,31,36)(H,33,37). The van der Waals surface area contributed by atoms with E-state index in [9.17, 15) is 9.59 Å². The molecule has 10 heteroatoms. The van der Waals surface area contributed by atoms with Crippen LogP contribution in [0, 0.1) is 0 Å². The van der Waals surface area contributed by atoms with Crippen LogP contribution >= 0.6 is 11.3 Å². The molecule has 0 radical (unpaired) electrons. The number of hydrogen-bond acceptors (Lipinski definition) is 7. The zero-order valence-corrected chi connectivity index (χ0v) is 23.1. The minimum Gasteiger partial charge on any atom is -0.495 e. The van der Waals surface area contributed by atoms with E-state index in [0.717, 1.165) is 38.7 Å². The van der Waals surface area contributed by atoms with Crippen LogP contribution in [0.4, 0.5) is 11.5 Å². The number of benzene rings is 2. The van der Waals surface area contributed by atoms with Crippen LogP contribution < -0.4 is 21.1 Å². The highest BCUT2D eigenvalue weighted by molar-refractivity contribution is 7.18. The largest absolute Gasteiger partial charge is 0.495 e. The number of methoxy groups -OCH3 is 1. The van der Waals surface area contributed by atoms with Gasteiger partial charge in [-0.15, -0.1) is 11.3 Å². The summed E-state index contributed by atoms with van der Waals surface area (Å²) in [5.41, 5.74) is 10.5. The first-order valence-electron chi connectivity index (χ1n) is 12.4. The average molecular weight is 543 g/mol. The number of carbonyl (C=O) groups excluding carboxylic acids is 2. The molecule has 5 rings (SSSR count). The molecule has 0 aliphatic heterocycles. The highest BCUT2D eigenvalue weighted by atomic mass is 32.1. The monoisotopic (exact) mass is 542 g/mol. The Balaban J connectivity index is 1.45. The van der Waals surface area contributed by atoms with Gasteiger partial charge in [0.2, 0.25) is 0 Å². The minimum absolute atomic E-state index is 0.188. The first-order valence-corrected chi connectivity index (χ1v) is 13.3. The van der Waals surface area contributed by atoms with Crippen molar-refractivity contribution < 1.29 is 14.3 Å². The van der Waals surface area contributed by atoms with Crippen molar-refractivity contribution in [2.45, 2.75) is 0 Å². The summed E-state index contributed by atoms with van der Waals surface area (Å²) in [4.78, 5) is 32.4. The van der Waals surface area contributed by atoms with E-state index in [-0.39, 0.29) is 11.8 Å². The molecule has 0 aliphatic carbocycles. The van der Waals surface area contributed by atoms with Gasteiger partial charge in [-0.1, -0.05) is 24.3 Å². The maximum absolute atomic E-state index is 13.2. The lowest BCUT2D eigenvalue weighted by Gasteiger charge is -2.13. The molecule has 200 valence electrons. The molecule has 0 fully saturated rings. The lowest BCUT2D eigenvalue weighted by molar-refractivity contribution is 0.0951. The van der Waals surface area contributed by atoms with E-state index in [1.54, 1.807) is 13.2 Å². The number of likely N-dealkylation sites (N-methyl/N-ethyl adjacent to an activating group) is 1. The molecule has 0 saturated heterocycles. The Bertz CT molecular complexity index is 1700. The number of nitrogen functional groups attached to an aromatic ring is 1. The molecule has 3 aromatic heterocycles. The molecule has 0 aliphatic rings. The third-order valence-corrected chi connectivity index (χ3v) is 7.67. The first kappa shape index (κ1) is 26.2. The second-order valence-electron chi connectivity index (χ2n) is 9.49. The van der Waals surface area contributed by atoms with Crippen molar-refractivity contribution in [1.82, 2.24) is 19.8 Å². The van der Waals surface area contributed by atoms with Gasteiger partial charge in [-0.05, 0) is 49.3 Å². The molecule has 5 aromatic rings. The smallest absolute Gasteiger partial charge is 0.272 e. The number of para-hydroxylation sites is 1. The highest BCUT2D eigenvalue weighted by Crippen LogP contribution is 2.41. The van der Waals surface area contributed by atoms with Gasteiger partial charge in [0.1, 0.15) is 17.3 Å². The van der Waals surface area contributed by atoms with Gasteiger partial charge in [0.25, 0.3) is 11.8 Å². The Morgan fingerprint density at radius 1 is 1.13 bits per heavy atom. The van der Waals surface area contributed by atoms with E-state index in [2.05, 4.69) is 15.6 Å². The number of anilines is 2. The zero-order chi connectivity index (χ0) is 27.7. The van der Waals surface area contributed by atoms with Crippen LogP contribution in [0.25, 0.3) is 32.1 Å². The Hall–Kier alpha value is -4.41. The first-order chi connectivity index (χ1) is 18.8. The fraction of sp³-hybridized carbons (Fsp3) is 0.207. The number of aryl methyl sites for hydroxylation is 1. The quantitative estimate of drug-likeness (QED) is 0.264. The SMILES string of the molecule is COc1cc(-c2csc3c(C(=O)NCCN(C)C)cnc(N)c23)ccc1NC(=O)c1cc2ccccc2n1C. The molecule has 0 spiro atoms. The van der Waals surface area contributed by atoms with E-state index in [4.69, 9.17) is 10.5 Å². The molecule has 2 aromatic carbocycles. The molecule has 3 heterocycles. The maximum atomic E-state index is 13.2. The second-order valence-corrected chi connectivity index (χ2v) is 10.4. The van der Waals surface area contributed by atoms with Gasteiger partial charge in [-0.2, -0.15) is 0 Å². The summed E-state index contributed by atoms with van der Waals surface area (Å²) in [5.74, 6) is 0.423. The van der Waals surface area contributed by atoms with Gasteiger partial charge in [-0.25, -0.2) is 4.98 Å². The number of ether oxygens (including phenoxy) is 1. The van der Waals surface area contributed by atoms with Gasteiger partial charge < -0.3 is 30.6 Å². The molecule has 0 unspecified atom stereocenters. The Labute approximate surface area is 230 Å². The van der Waals surface area contributed by atoms with Gasteiger partial charge >= 0.3 is 0 Å². The van der Waals surface area contributed by atoms with Crippen LogP contribution in [0.3, 0.4) is 0 Å². The van der Waals surface area contributed by atoms with Gasteiger partial charge in [0, 0.05) is 48.2 Å². The second kappa shape index (κ2) is 10.8. The molecule has 0 bridgehead atoms. The van der Waals surface area contributed by atoms with Crippen molar-refractivity contribution in [3.05, 3.63) is 71.4 Å². The lowest BCUT2D eigenvalue weighted by atomic mass is 10.0. The van der Waals surface area contributed by atoms with Crippen molar-refractivity contribution in [2.24, 2.45) is 7.05 Å². The van der Waals surface area contributed by atoms with Gasteiger partial charge in [0.15, 0.2) is 0 Å². The normalized spacial score (nSPS) is 11.3. The van der Waals surface area contributed by atoms with Crippen molar-refractivity contribution in [2.75, 3.05) is 45.3 Å². The fourth-order valence-corrected chi connectivity index (χ4v) is 5.68. The van der Waals surface area contributed by atoms with Crippen molar-refractivity contribution in [1.29, 1.82) is 0 Å². The molecule has 0 saturated carbocycles. The fourth-order valence-electron chi connectivity index (χ4n) is 4.59. The summed E-state index contributed by atoms with van der Waals surface area (Å²) < 4.78 is 8.28. The van der Waals surface area contributed by atoms with Gasteiger partial charge in [0.05, 0.1) is 23.1 Å². The van der Waals surface area contributed by atoms with Crippen LogP contribution in [0.15, 0.2) is 60.1 Å². The number of nitrogens with zero attached hydrogens (tertiary/aromatic N) is 3. The number of rotatable bonds is 8. The van der Waals surface area contributed by atoms with E-state index >= 15 is 0 Å². The summed E-state index contributed by atoms with van der Waals surface area (Å²) in [5, 5.41) is 9.59. The number of fused-ring (bicyclic) bond motifs is 2. The third-order valence-electron chi connectivity index (χ3n) is 6.66. The van der Waals surface area contributed by atoms with E-state index in [1.165, 1.54) is 17.5 Å². The van der Waals surface area contributed by atoms with Crippen LogP contribution in [0.5, 0.6) is 5.75 Å². The minimum atomic E-state index is -0.237. The van der Waals surface area contributed by atoms with E-state index in [1.807, 2.05) is 78.5 Å². The molecular weight excluding hydrogens is 512 g/mol. The number of amides is 2. The third kappa shape index (κ3) is 5.04. The highest BCUT2D eigenvalue weighted by Gasteiger charge is 2.20. The molecular formula is C29H30N6O3S. The predicted octanol–water partition coefficient (Wildman–Crippen LogP) is 4.59. The Morgan fingerprint density at radius 2 is 1.92 bits per heavy atom. The summed E-state index contributed by atoms with van der Waals surface area (Å²) >= 11 is 1.44. The van der Waals surface area contributed by atoms with Crippen LogP contribution in [0.2, 0.25) is 0 Å². The number of aromatic nitrogens is 2. The van der Waals surface area contributed by atoms with Crippen LogP contribution in [-0.4, -0.2) is 60.6 Å². The van der Waals surface area contributed by atoms with E-state index < -0.39 is 0 Å². The number of carbonyl (C=O) groups is 2. The molecule has 2 amide bonds. The number of nitrogens with one attached hydrogen (secondary N) is 2. The lowest BCUT2D eigenvalue weighted by Crippen LogP contribution is -2.31. The molecule has 0 atom stereocenters. The summed E-state index contributed by atoms with van der Waals surface area (Å²) in [6.45, 7) is 1.26. The summed E-state index contributed by atoms with van der Waals surface area (Å²) in [7, 11) is 7.34. The van der Waals surface area contributed by atoms with Crippen LogP contribution in [-0.2, 0) is 7.05 Å². The Kier molecular flexibility index (Phi) is 7.23. The van der Waals surface area contributed by atoms with Crippen molar-refractivity contribution in [3.8, 4) is 16.9 Å². The number of hydrogen-bond donors (Lipinski definition) is 3. The average Bonchev–Trinajstić information content (AvgIpc) is 3.51. The summed E-state index contributed by atoms with van der Waals surface area (Å²) in [6.07, 6.45) is 1.52. The van der Waals surface area contributed by atoms with E-state index in [0.29, 0.717) is 35.1 Å². The molecule has 9 nitrogen and oxygen atoms in total. The van der Waals surface area contributed by atoms with Crippen LogP contribution in [0.1, 0.15) is 20.8 Å². The van der Waals surface area contributed by atoms with Gasteiger partial charge in [-0.3, -0.25) is 9.59 Å². The topological polar surface area (TPSA) is 115 Å². The van der Waals surface area contributed by atoms with Crippen molar-refractivity contribution in [3.63, 3.8) is 0 Å². The number of nitrogens with two attached hydrogens (primary N) is 1. The van der Waals surface area contributed by atoms with Crippen molar-refractivity contribution >= 4 is 55.6 Å². The Morgan fingerprint density at radius 3 is 2.67 bits per heavy atom.